The molecule has 22 heavy (non-hydrogen) atoms. The van der Waals surface area contributed by atoms with Gasteiger partial charge >= 0.3 is 6.03 Å². The lowest BCUT2D eigenvalue weighted by molar-refractivity contribution is 0.00385. The Balaban J connectivity index is 1.88. The molecule has 6 heteroatoms. The molecule has 2 heterocycles. The molecule has 0 spiro atoms. The average Bonchev–Trinajstić information content (AvgIpc) is 2.46. The van der Waals surface area contributed by atoms with Crippen LogP contribution in [0, 0.1) is 13.8 Å². The van der Waals surface area contributed by atoms with Gasteiger partial charge in [0.05, 0.1) is 12.6 Å². The second kappa shape index (κ2) is 7.45. The molecule has 6 nitrogen and oxygen atoms in total. The summed E-state index contributed by atoms with van der Waals surface area (Å²) in [5.41, 5.74) is 2.17. The van der Waals surface area contributed by atoms with Crippen molar-refractivity contribution in [3.63, 3.8) is 0 Å². The average molecular weight is 307 g/mol. The van der Waals surface area contributed by atoms with Crippen molar-refractivity contribution in [2.24, 2.45) is 0 Å². The van der Waals surface area contributed by atoms with Crippen LogP contribution in [0.3, 0.4) is 0 Å². The highest BCUT2D eigenvalue weighted by atomic mass is 16.5. The number of hydrogen-bond donors (Lipinski definition) is 2. The predicted octanol–water partition coefficient (Wildman–Crippen LogP) is 1.70. The Kier molecular flexibility index (Phi) is 5.60. The minimum atomic E-state index is -0.187. The molecule has 0 radical (unpaired) electrons. The van der Waals surface area contributed by atoms with Crippen molar-refractivity contribution >= 4 is 6.03 Å². The van der Waals surface area contributed by atoms with E-state index >= 15 is 0 Å². The van der Waals surface area contributed by atoms with Crippen molar-refractivity contribution in [3.05, 3.63) is 33.2 Å². The number of H-pyrrole nitrogens is 1. The fourth-order valence-corrected chi connectivity index (χ4v) is 2.74. The minimum Gasteiger partial charge on any atom is -0.376 e. The fraction of sp³-hybridized carbons (Fsp3) is 0.625. The summed E-state index contributed by atoms with van der Waals surface area (Å²) in [6, 6.07) is 1.72. The van der Waals surface area contributed by atoms with Crippen LogP contribution in [0.5, 0.6) is 0 Å². The lowest BCUT2D eigenvalue weighted by atomic mass is 10.1. The van der Waals surface area contributed by atoms with Crippen molar-refractivity contribution in [2.45, 2.75) is 45.8 Å². The van der Waals surface area contributed by atoms with E-state index < -0.39 is 0 Å². The van der Waals surface area contributed by atoms with E-state index in [2.05, 4.69) is 10.3 Å². The van der Waals surface area contributed by atoms with Gasteiger partial charge in [0, 0.05) is 31.5 Å². The second-order valence-corrected chi connectivity index (χ2v) is 5.97. The molecule has 0 saturated carbocycles. The van der Waals surface area contributed by atoms with Crippen LogP contribution >= 0.6 is 0 Å². The van der Waals surface area contributed by atoms with Crippen LogP contribution in [0.15, 0.2) is 10.9 Å². The number of hydrogen-bond acceptors (Lipinski definition) is 3. The lowest BCUT2D eigenvalue weighted by Crippen LogP contribution is -2.43. The van der Waals surface area contributed by atoms with Gasteiger partial charge in [-0.15, -0.1) is 0 Å². The number of aromatic amines is 1. The molecule has 0 bridgehead atoms. The zero-order chi connectivity index (χ0) is 16.1. The zero-order valence-corrected chi connectivity index (χ0v) is 13.6. The van der Waals surface area contributed by atoms with Gasteiger partial charge in [0.25, 0.3) is 5.56 Å². The van der Waals surface area contributed by atoms with E-state index in [4.69, 9.17) is 4.74 Å². The molecule has 0 aliphatic carbocycles. The second-order valence-electron chi connectivity index (χ2n) is 5.97. The van der Waals surface area contributed by atoms with Crippen molar-refractivity contribution in [1.29, 1.82) is 0 Å². The summed E-state index contributed by atoms with van der Waals surface area (Å²) in [6.45, 7) is 5.31. The van der Waals surface area contributed by atoms with Crippen LogP contribution in [0.4, 0.5) is 4.79 Å². The quantitative estimate of drug-likeness (QED) is 0.889. The van der Waals surface area contributed by atoms with E-state index in [1.807, 2.05) is 19.9 Å². The lowest BCUT2D eigenvalue weighted by Gasteiger charge is -2.27. The zero-order valence-electron chi connectivity index (χ0n) is 13.6. The molecular weight excluding hydrogens is 282 g/mol. The van der Waals surface area contributed by atoms with Crippen molar-refractivity contribution < 1.29 is 9.53 Å². The number of amides is 2. The normalized spacial score (nSPS) is 18.0. The molecule has 1 aliphatic rings. The van der Waals surface area contributed by atoms with Crippen LogP contribution < -0.4 is 10.9 Å². The Morgan fingerprint density at radius 1 is 1.45 bits per heavy atom. The van der Waals surface area contributed by atoms with E-state index in [-0.39, 0.29) is 24.2 Å². The number of carbonyl (C=O) groups excluding carboxylic acids is 1. The molecule has 122 valence electrons. The van der Waals surface area contributed by atoms with Gasteiger partial charge in [-0.2, -0.15) is 0 Å². The Bertz CT molecular complexity index is 576. The molecule has 2 amide bonds. The maximum atomic E-state index is 12.1. The SMILES string of the molecule is Cc1cc(C)c(CNC(=O)N(C)C[C@@H]2CCCCO2)c(=O)[nH]1. The van der Waals surface area contributed by atoms with E-state index in [1.54, 1.807) is 11.9 Å². The standard InChI is InChI=1S/C16H25N3O3/c1-11-8-12(2)18-15(20)14(11)9-17-16(21)19(3)10-13-6-4-5-7-22-13/h8,13H,4-7,9-10H2,1-3H3,(H,17,21)(H,18,20)/t13-/m0/s1. The molecule has 1 fully saturated rings. The maximum Gasteiger partial charge on any atom is 0.317 e. The largest absolute Gasteiger partial charge is 0.376 e. The van der Waals surface area contributed by atoms with Gasteiger partial charge in [-0.1, -0.05) is 0 Å². The van der Waals surface area contributed by atoms with Gasteiger partial charge in [0.15, 0.2) is 0 Å². The van der Waals surface area contributed by atoms with Gasteiger partial charge in [0.2, 0.25) is 0 Å². The molecule has 1 aromatic heterocycles. The number of ether oxygens (including phenoxy) is 1. The number of aromatic nitrogens is 1. The molecule has 1 atom stereocenters. The topological polar surface area (TPSA) is 74.4 Å². The number of urea groups is 1. The van der Waals surface area contributed by atoms with E-state index in [0.29, 0.717) is 12.1 Å². The first kappa shape index (κ1) is 16.5. The van der Waals surface area contributed by atoms with Gasteiger partial charge in [-0.3, -0.25) is 4.79 Å². The number of carbonyl (C=O) groups is 1. The third-order valence-corrected chi connectivity index (χ3v) is 4.01. The Labute approximate surface area is 130 Å². The highest BCUT2D eigenvalue weighted by Crippen LogP contribution is 2.13. The summed E-state index contributed by atoms with van der Waals surface area (Å²) in [6.07, 6.45) is 3.36. The Morgan fingerprint density at radius 3 is 2.86 bits per heavy atom. The number of rotatable bonds is 4. The Morgan fingerprint density at radius 2 is 2.23 bits per heavy atom. The van der Waals surface area contributed by atoms with E-state index in [0.717, 1.165) is 37.1 Å². The highest BCUT2D eigenvalue weighted by Gasteiger charge is 2.19. The number of pyridine rings is 1. The summed E-state index contributed by atoms with van der Waals surface area (Å²) in [4.78, 5) is 28.4. The maximum absolute atomic E-state index is 12.1. The van der Waals surface area contributed by atoms with Gasteiger partial charge in [0.1, 0.15) is 0 Å². The number of aryl methyl sites for hydroxylation is 2. The van der Waals surface area contributed by atoms with E-state index in [9.17, 15) is 9.59 Å². The molecule has 1 aliphatic heterocycles. The summed E-state index contributed by atoms with van der Waals surface area (Å²) >= 11 is 0. The molecule has 2 N–H and O–H groups in total. The first-order valence-electron chi connectivity index (χ1n) is 7.77. The number of likely N-dealkylation sites (N-methyl/N-ethyl adjacent to an activating group) is 1. The Hall–Kier alpha value is -1.82. The molecule has 2 rings (SSSR count). The van der Waals surface area contributed by atoms with Crippen LogP contribution in [0.2, 0.25) is 0 Å². The first-order chi connectivity index (χ1) is 10.5. The van der Waals surface area contributed by atoms with Crippen molar-refractivity contribution in [2.75, 3.05) is 20.2 Å². The molecule has 1 aromatic rings. The molecule has 1 saturated heterocycles. The summed E-state index contributed by atoms with van der Waals surface area (Å²) in [5, 5.41) is 2.80. The van der Waals surface area contributed by atoms with Gasteiger partial charge in [-0.05, 0) is 44.7 Å². The van der Waals surface area contributed by atoms with Crippen LogP contribution in [0.1, 0.15) is 36.1 Å². The highest BCUT2D eigenvalue weighted by molar-refractivity contribution is 5.73. The summed E-state index contributed by atoms with van der Waals surface area (Å²) < 4.78 is 5.64. The predicted molar refractivity (Wildman–Crippen MR) is 85.0 cm³/mol. The molecule has 0 unspecified atom stereocenters. The summed E-state index contributed by atoms with van der Waals surface area (Å²) in [7, 11) is 1.75. The third-order valence-electron chi connectivity index (χ3n) is 4.01. The fourth-order valence-electron chi connectivity index (χ4n) is 2.74. The number of nitrogens with zero attached hydrogens (tertiary/aromatic N) is 1. The van der Waals surface area contributed by atoms with Gasteiger partial charge < -0.3 is 19.9 Å². The van der Waals surface area contributed by atoms with Gasteiger partial charge in [-0.25, -0.2) is 4.79 Å². The van der Waals surface area contributed by atoms with Crippen molar-refractivity contribution in [1.82, 2.24) is 15.2 Å². The van der Waals surface area contributed by atoms with Crippen LogP contribution in [-0.4, -0.2) is 42.2 Å². The molecular formula is C16H25N3O3. The third kappa shape index (κ3) is 4.34. The molecule has 0 aromatic carbocycles. The minimum absolute atomic E-state index is 0.119. The summed E-state index contributed by atoms with van der Waals surface area (Å²) in [5.74, 6) is 0. The first-order valence-corrected chi connectivity index (χ1v) is 7.77. The van der Waals surface area contributed by atoms with Crippen molar-refractivity contribution in [3.8, 4) is 0 Å². The van der Waals surface area contributed by atoms with Crippen LogP contribution in [0.25, 0.3) is 0 Å². The smallest absolute Gasteiger partial charge is 0.317 e. The van der Waals surface area contributed by atoms with E-state index in [1.165, 1.54) is 0 Å². The van der Waals surface area contributed by atoms with Crippen LogP contribution in [-0.2, 0) is 11.3 Å². The monoisotopic (exact) mass is 307 g/mol. The number of nitrogens with one attached hydrogen (secondary N) is 2.